The molecule has 0 fully saturated rings. The van der Waals surface area contributed by atoms with Crippen LogP contribution in [0.4, 0.5) is 15.8 Å². The van der Waals surface area contributed by atoms with Crippen LogP contribution in [0.5, 0.6) is 5.75 Å². The number of aromatic amines is 1. The standard InChI is InChI=1S/C12H13FN4O3/c1-7(8-5-14-15-6-8)16-10-4-12(20-2)11(17(18)19)3-9(10)13/h3-7,16H,1-2H3,(H,14,15). The number of aromatic nitrogens is 2. The lowest BCUT2D eigenvalue weighted by molar-refractivity contribution is -0.385. The molecule has 0 spiro atoms. The summed E-state index contributed by atoms with van der Waals surface area (Å²) in [6, 6.07) is 1.89. The van der Waals surface area contributed by atoms with Crippen molar-refractivity contribution in [2.75, 3.05) is 12.4 Å². The first-order chi connectivity index (χ1) is 9.52. The minimum atomic E-state index is -0.715. The van der Waals surface area contributed by atoms with Gasteiger partial charge in [0.15, 0.2) is 11.6 Å². The molecule has 0 radical (unpaired) electrons. The van der Waals surface area contributed by atoms with Gasteiger partial charge in [-0.05, 0) is 6.92 Å². The fourth-order valence-corrected chi connectivity index (χ4v) is 1.77. The number of hydrogen-bond donors (Lipinski definition) is 2. The second kappa shape index (κ2) is 5.55. The summed E-state index contributed by atoms with van der Waals surface area (Å²) in [5.74, 6) is -0.717. The van der Waals surface area contributed by atoms with Gasteiger partial charge in [0.05, 0.1) is 36.0 Å². The molecule has 1 atom stereocenters. The zero-order valence-electron chi connectivity index (χ0n) is 10.9. The molecule has 0 saturated carbocycles. The highest BCUT2D eigenvalue weighted by Gasteiger charge is 2.20. The largest absolute Gasteiger partial charge is 0.490 e. The van der Waals surface area contributed by atoms with E-state index >= 15 is 0 Å². The van der Waals surface area contributed by atoms with Crippen molar-refractivity contribution in [2.24, 2.45) is 0 Å². The SMILES string of the molecule is COc1cc(NC(C)c2cn[nH]c2)c(F)cc1[N+](=O)[O-]. The fourth-order valence-electron chi connectivity index (χ4n) is 1.77. The smallest absolute Gasteiger partial charge is 0.313 e. The predicted octanol–water partition coefficient (Wildman–Crippen LogP) is 2.64. The molecule has 7 nitrogen and oxygen atoms in total. The van der Waals surface area contributed by atoms with Crippen LogP contribution in [0.25, 0.3) is 0 Å². The van der Waals surface area contributed by atoms with Crippen molar-refractivity contribution >= 4 is 11.4 Å². The molecule has 1 heterocycles. The van der Waals surface area contributed by atoms with Gasteiger partial charge in [0.25, 0.3) is 0 Å². The molecule has 0 amide bonds. The van der Waals surface area contributed by atoms with Gasteiger partial charge < -0.3 is 10.1 Å². The van der Waals surface area contributed by atoms with Crippen LogP contribution in [0, 0.1) is 15.9 Å². The molecule has 0 aliphatic heterocycles. The number of anilines is 1. The van der Waals surface area contributed by atoms with Crippen LogP contribution in [0.2, 0.25) is 0 Å². The third kappa shape index (κ3) is 2.68. The number of methoxy groups -OCH3 is 1. The quantitative estimate of drug-likeness (QED) is 0.648. The Morgan fingerprint density at radius 2 is 2.30 bits per heavy atom. The maximum absolute atomic E-state index is 13.9. The average molecular weight is 280 g/mol. The number of H-pyrrole nitrogens is 1. The van der Waals surface area contributed by atoms with Crippen molar-refractivity contribution in [2.45, 2.75) is 13.0 Å². The van der Waals surface area contributed by atoms with Gasteiger partial charge in [-0.1, -0.05) is 0 Å². The number of rotatable bonds is 5. The van der Waals surface area contributed by atoms with Crippen molar-refractivity contribution < 1.29 is 14.1 Å². The molecule has 1 aromatic carbocycles. The van der Waals surface area contributed by atoms with E-state index in [2.05, 4.69) is 15.5 Å². The zero-order valence-corrected chi connectivity index (χ0v) is 10.9. The van der Waals surface area contributed by atoms with E-state index in [1.165, 1.54) is 13.2 Å². The molecule has 0 aliphatic carbocycles. The van der Waals surface area contributed by atoms with Crippen molar-refractivity contribution in [1.29, 1.82) is 0 Å². The molecule has 0 saturated heterocycles. The third-order valence-electron chi connectivity index (χ3n) is 2.86. The van der Waals surface area contributed by atoms with Gasteiger partial charge in [-0.15, -0.1) is 0 Å². The lowest BCUT2D eigenvalue weighted by Gasteiger charge is -2.15. The summed E-state index contributed by atoms with van der Waals surface area (Å²) in [4.78, 5) is 10.1. The van der Waals surface area contributed by atoms with Crippen molar-refractivity contribution in [3.8, 4) is 5.75 Å². The molecule has 2 rings (SSSR count). The molecule has 1 aromatic heterocycles. The molecule has 106 valence electrons. The summed E-state index contributed by atoms with van der Waals surface area (Å²) in [6.07, 6.45) is 3.29. The number of hydrogen-bond acceptors (Lipinski definition) is 5. The first-order valence-corrected chi connectivity index (χ1v) is 5.80. The number of nitrogens with one attached hydrogen (secondary N) is 2. The predicted molar refractivity (Wildman–Crippen MR) is 70.2 cm³/mol. The van der Waals surface area contributed by atoms with Gasteiger partial charge in [-0.3, -0.25) is 15.2 Å². The number of nitro benzene ring substituents is 1. The van der Waals surface area contributed by atoms with Gasteiger partial charge in [0, 0.05) is 17.8 Å². The molecule has 0 aliphatic rings. The Bertz CT molecular complexity index is 615. The Hall–Kier alpha value is -2.64. The van der Waals surface area contributed by atoms with E-state index in [1.807, 2.05) is 6.92 Å². The third-order valence-corrected chi connectivity index (χ3v) is 2.86. The highest BCUT2D eigenvalue weighted by atomic mass is 19.1. The number of ether oxygens (including phenoxy) is 1. The van der Waals surface area contributed by atoms with Gasteiger partial charge in [-0.2, -0.15) is 5.10 Å². The van der Waals surface area contributed by atoms with E-state index < -0.39 is 16.4 Å². The molecule has 20 heavy (non-hydrogen) atoms. The van der Waals surface area contributed by atoms with E-state index in [4.69, 9.17) is 4.74 Å². The Kier molecular flexibility index (Phi) is 3.83. The van der Waals surface area contributed by atoms with E-state index in [9.17, 15) is 14.5 Å². The van der Waals surface area contributed by atoms with Crippen LogP contribution in [0.1, 0.15) is 18.5 Å². The Labute approximate surface area is 113 Å². The topological polar surface area (TPSA) is 93.1 Å². The molecular weight excluding hydrogens is 267 g/mol. The molecular formula is C12H13FN4O3. The molecule has 1 unspecified atom stereocenters. The second-order valence-electron chi connectivity index (χ2n) is 4.16. The molecule has 2 N–H and O–H groups in total. The second-order valence-corrected chi connectivity index (χ2v) is 4.16. The summed E-state index contributed by atoms with van der Waals surface area (Å²) < 4.78 is 18.8. The Morgan fingerprint density at radius 3 is 2.85 bits per heavy atom. The lowest BCUT2D eigenvalue weighted by Crippen LogP contribution is -2.08. The minimum absolute atomic E-state index is 0.00158. The van der Waals surface area contributed by atoms with Crippen LogP contribution in [-0.2, 0) is 0 Å². The van der Waals surface area contributed by atoms with Crippen LogP contribution >= 0.6 is 0 Å². The van der Waals surface area contributed by atoms with E-state index in [-0.39, 0.29) is 17.5 Å². The van der Waals surface area contributed by atoms with Gasteiger partial charge in [-0.25, -0.2) is 4.39 Å². The summed E-state index contributed by atoms with van der Waals surface area (Å²) in [5, 5.41) is 20.2. The van der Waals surface area contributed by atoms with E-state index in [1.54, 1.807) is 12.4 Å². The number of nitrogens with zero attached hydrogens (tertiary/aromatic N) is 2. The van der Waals surface area contributed by atoms with E-state index in [0.717, 1.165) is 11.6 Å². The number of halogens is 1. The van der Waals surface area contributed by atoms with Gasteiger partial charge >= 0.3 is 5.69 Å². The van der Waals surface area contributed by atoms with Crippen molar-refractivity contribution in [1.82, 2.24) is 10.2 Å². The summed E-state index contributed by atoms with van der Waals surface area (Å²) in [7, 11) is 1.30. The summed E-state index contributed by atoms with van der Waals surface area (Å²) in [5.41, 5.74) is 0.550. The highest BCUT2D eigenvalue weighted by Crippen LogP contribution is 2.33. The van der Waals surface area contributed by atoms with E-state index in [0.29, 0.717) is 0 Å². The number of benzene rings is 1. The van der Waals surface area contributed by atoms with Crippen LogP contribution in [0.3, 0.4) is 0 Å². The van der Waals surface area contributed by atoms with Crippen LogP contribution < -0.4 is 10.1 Å². The molecule has 8 heteroatoms. The van der Waals surface area contributed by atoms with Crippen molar-refractivity contribution in [3.63, 3.8) is 0 Å². The van der Waals surface area contributed by atoms with Crippen LogP contribution in [0.15, 0.2) is 24.5 Å². The average Bonchev–Trinajstić information content (AvgIpc) is 2.94. The maximum atomic E-state index is 13.9. The number of nitro groups is 1. The monoisotopic (exact) mass is 280 g/mol. The lowest BCUT2D eigenvalue weighted by atomic mass is 10.1. The molecule has 0 bridgehead atoms. The summed E-state index contributed by atoms with van der Waals surface area (Å²) in [6.45, 7) is 1.82. The maximum Gasteiger partial charge on any atom is 0.313 e. The van der Waals surface area contributed by atoms with Crippen molar-refractivity contribution in [3.05, 3.63) is 46.0 Å². The van der Waals surface area contributed by atoms with Crippen LogP contribution in [-0.4, -0.2) is 22.2 Å². The highest BCUT2D eigenvalue weighted by molar-refractivity contribution is 5.59. The zero-order chi connectivity index (χ0) is 14.7. The minimum Gasteiger partial charge on any atom is -0.490 e. The Balaban J connectivity index is 2.30. The fraction of sp³-hybridized carbons (Fsp3) is 0.250. The Morgan fingerprint density at radius 1 is 1.55 bits per heavy atom. The summed E-state index contributed by atoms with van der Waals surface area (Å²) >= 11 is 0. The molecule has 2 aromatic rings. The van der Waals surface area contributed by atoms with Gasteiger partial charge in [0.1, 0.15) is 0 Å². The normalized spacial score (nSPS) is 11.9. The first kappa shape index (κ1) is 13.8. The first-order valence-electron chi connectivity index (χ1n) is 5.80. The van der Waals surface area contributed by atoms with Gasteiger partial charge in [0.2, 0.25) is 0 Å².